The van der Waals surface area contributed by atoms with E-state index < -0.39 is 0 Å². The summed E-state index contributed by atoms with van der Waals surface area (Å²) >= 11 is 1.81. The lowest BCUT2D eigenvalue weighted by Crippen LogP contribution is -2.33. The number of aliphatic imine (C=N–C) groups is 2. The molecule has 0 spiro atoms. The molecule has 6 aromatic carbocycles. The van der Waals surface area contributed by atoms with E-state index in [1.165, 1.54) is 25.7 Å². The zero-order valence-electron chi connectivity index (χ0n) is 23.6. The van der Waals surface area contributed by atoms with Crippen molar-refractivity contribution < 1.29 is 4.42 Å². The van der Waals surface area contributed by atoms with Gasteiger partial charge in [-0.2, -0.15) is 0 Å². The Morgan fingerprint density at radius 3 is 2.14 bits per heavy atom. The lowest BCUT2D eigenvalue weighted by Gasteiger charge is -2.24. The molecule has 44 heavy (non-hydrogen) atoms. The Kier molecular flexibility index (Phi) is 5.71. The molecule has 9 rings (SSSR count). The van der Waals surface area contributed by atoms with Crippen LogP contribution >= 0.6 is 11.3 Å². The number of fused-ring (bicyclic) bond motifs is 6. The molecule has 0 saturated carbocycles. The summed E-state index contributed by atoms with van der Waals surface area (Å²) in [5.74, 6) is 1.55. The number of hydrogen-bond acceptors (Lipinski definition) is 5. The molecule has 5 heteroatoms. The van der Waals surface area contributed by atoms with Gasteiger partial charge in [0.1, 0.15) is 23.2 Å². The van der Waals surface area contributed by atoms with Gasteiger partial charge in [-0.1, -0.05) is 127 Å². The molecule has 0 radical (unpaired) electrons. The Morgan fingerprint density at radius 1 is 0.591 bits per heavy atom. The van der Waals surface area contributed by atoms with Gasteiger partial charge < -0.3 is 9.73 Å². The summed E-state index contributed by atoms with van der Waals surface area (Å²) in [6.45, 7) is 0. The highest BCUT2D eigenvalue weighted by Crippen LogP contribution is 2.44. The van der Waals surface area contributed by atoms with Crippen LogP contribution in [0.4, 0.5) is 0 Å². The molecular formula is C39H25N3OS. The van der Waals surface area contributed by atoms with Crippen LogP contribution in [0.1, 0.15) is 22.9 Å². The van der Waals surface area contributed by atoms with Gasteiger partial charge in [0, 0.05) is 53.2 Å². The largest absolute Gasteiger partial charge is 0.455 e. The number of furan rings is 1. The van der Waals surface area contributed by atoms with Gasteiger partial charge >= 0.3 is 0 Å². The van der Waals surface area contributed by atoms with Crippen LogP contribution in [0.3, 0.4) is 0 Å². The normalized spacial score (nSPS) is 15.0. The van der Waals surface area contributed by atoms with E-state index in [1.54, 1.807) is 0 Å². The van der Waals surface area contributed by atoms with Gasteiger partial charge in [-0.25, -0.2) is 9.98 Å². The van der Waals surface area contributed by atoms with Crippen molar-refractivity contribution in [2.75, 3.05) is 0 Å². The van der Waals surface area contributed by atoms with Crippen molar-refractivity contribution in [1.82, 2.24) is 5.32 Å². The molecule has 1 atom stereocenters. The van der Waals surface area contributed by atoms with Crippen LogP contribution in [0.5, 0.6) is 0 Å². The van der Waals surface area contributed by atoms with E-state index in [2.05, 4.69) is 108 Å². The van der Waals surface area contributed by atoms with Gasteiger partial charge in [0.25, 0.3) is 0 Å². The van der Waals surface area contributed by atoms with E-state index in [0.717, 1.165) is 55.9 Å². The molecule has 0 saturated heterocycles. The van der Waals surface area contributed by atoms with Crippen LogP contribution in [0.15, 0.2) is 154 Å². The van der Waals surface area contributed by atoms with E-state index in [0.29, 0.717) is 0 Å². The molecule has 2 aromatic heterocycles. The maximum absolute atomic E-state index is 6.45. The van der Waals surface area contributed by atoms with Crippen molar-refractivity contribution in [3.63, 3.8) is 0 Å². The van der Waals surface area contributed by atoms with Gasteiger partial charge in [-0.3, -0.25) is 0 Å². The Morgan fingerprint density at radius 2 is 1.27 bits per heavy atom. The minimum Gasteiger partial charge on any atom is -0.455 e. The maximum atomic E-state index is 6.45. The monoisotopic (exact) mass is 583 g/mol. The minimum atomic E-state index is -0.250. The van der Waals surface area contributed by atoms with Gasteiger partial charge in [0.05, 0.1) is 0 Å². The summed E-state index contributed by atoms with van der Waals surface area (Å²) in [6.07, 6.45) is -0.250. The first kappa shape index (κ1) is 25.0. The van der Waals surface area contributed by atoms with Crippen LogP contribution < -0.4 is 5.32 Å². The second-order valence-electron chi connectivity index (χ2n) is 11.0. The second kappa shape index (κ2) is 10.0. The summed E-state index contributed by atoms with van der Waals surface area (Å²) in [4.78, 5) is 10.3. The summed E-state index contributed by atoms with van der Waals surface area (Å²) in [7, 11) is 0. The van der Waals surface area contributed by atoms with Crippen LogP contribution in [0.2, 0.25) is 0 Å². The fraction of sp³-hybridized carbons (Fsp3) is 0.0256. The van der Waals surface area contributed by atoms with Crippen LogP contribution in [-0.2, 0) is 0 Å². The summed E-state index contributed by atoms with van der Waals surface area (Å²) in [5.41, 5.74) is 7.26. The van der Waals surface area contributed by atoms with E-state index in [9.17, 15) is 0 Å². The fourth-order valence-electron chi connectivity index (χ4n) is 6.32. The molecule has 3 heterocycles. The number of benzene rings is 6. The molecule has 1 aliphatic heterocycles. The molecule has 1 unspecified atom stereocenters. The third-order valence-corrected chi connectivity index (χ3v) is 9.57. The summed E-state index contributed by atoms with van der Waals surface area (Å²) < 4.78 is 8.88. The van der Waals surface area contributed by atoms with Crippen molar-refractivity contribution in [1.29, 1.82) is 0 Å². The van der Waals surface area contributed by atoms with Crippen LogP contribution in [-0.4, -0.2) is 11.7 Å². The number of thiophene rings is 1. The average Bonchev–Trinajstić information content (AvgIpc) is 3.68. The highest BCUT2D eigenvalue weighted by molar-refractivity contribution is 7.26. The molecule has 1 N–H and O–H groups in total. The molecule has 0 amide bonds. The van der Waals surface area contributed by atoms with E-state index >= 15 is 0 Å². The topological polar surface area (TPSA) is 49.9 Å². The molecule has 208 valence electrons. The Bertz CT molecular complexity index is 2420. The van der Waals surface area contributed by atoms with Gasteiger partial charge in [0.15, 0.2) is 5.84 Å². The molecule has 0 fully saturated rings. The predicted octanol–water partition coefficient (Wildman–Crippen LogP) is 10.1. The number of nitrogens with zero attached hydrogens (tertiary/aromatic N) is 2. The number of rotatable bonds is 4. The van der Waals surface area contributed by atoms with Crippen molar-refractivity contribution in [3.8, 4) is 11.1 Å². The number of para-hydroxylation sites is 2. The van der Waals surface area contributed by atoms with E-state index in [-0.39, 0.29) is 6.17 Å². The van der Waals surface area contributed by atoms with Crippen molar-refractivity contribution >= 4 is 65.1 Å². The molecular weight excluding hydrogens is 559 g/mol. The molecule has 1 aliphatic rings. The predicted molar refractivity (Wildman–Crippen MR) is 184 cm³/mol. The number of hydrogen-bond donors (Lipinski definition) is 1. The van der Waals surface area contributed by atoms with Crippen molar-refractivity contribution in [2.45, 2.75) is 6.17 Å². The summed E-state index contributed by atoms with van der Waals surface area (Å²) in [6, 6.07) is 48.4. The van der Waals surface area contributed by atoms with Crippen molar-refractivity contribution in [2.24, 2.45) is 9.98 Å². The minimum absolute atomic E-state index is 0.250. The highest BCUT2D eigenvalue weighted by atomic mass is 32.1. The van der Waals surface area contributed by atoms with Crippen LogP contribution in [0, 0.1) is 0 Å². The lowest BCUT2D eigenvalue weighted by molar-refractivity contribution is 0.670. The third kappa shape index (κ3) is 3.98. The van der Waals surface area contributed by atoms with Gasteiger partial charge in [-0.05, 0) is 17.7 Å². The lowest BCUT2D eigenvalue weighted by atomic mass is 9.98. The second-order valence-corrected chi connectivity index (χ2v) is 12.0. The first-order valence-corrected chi connectivity index (χ1v) is 15.5. The zero-order valence-corrected chi connectivity index (χ0v) is 24.4. The van der Waals surface area contributed by atoms with Gasteiger partial charge in [0.2, 0.25) is 0 Å². The Balaban J connectivity index is 1.26. The maximum Gasteiger partial charge on any atom is 0.160 e. The standard InChI is InChI=1S/C39H25N3OS/c1-3-12-24(13-4-1)37-40-38(25-14-5-2-6-15-25)42-39(41-37)31-21-11-23-33-34(31)30-20-10-19-29(36(30)44-33)28-18-9-17-27-26-16-7-8-22-32(26)43-35(27)28/h1-23,37H,(H,40,41,42). The highest BCUT2D eigenvalue weighted by Gasteiger charge is 2.24. The molecule has 0 aliphatic carbocycles. The molecule has 4 nitrogen and oxygen atoms in total. The molecule has 8 aromatic rings. The Labute approximate surface area is 257 Å². The fourth-order valence-corrected chi connectivity index (χ4v) is 7.58. The van der Waals surface area contributed by atoms with Crippen LogP contribution in [0.25, 0.3) is 53.2 Å². The summed E-state index contributed by atoms with van der Waals surface area (Å²) in [5, 5.41) is 8.22. The number of nitrogens with one attached hydrogen (secondary N) is 1. The zero-order chi connectivity index (χ0) is 29.0. The average molecular weight is 584 g/mol. The smallest absolute Gasteiger partial charge is 0.160 e. The number of amidine groups is 2. The molecule has 0 bridgehead atoms. The van der Waals surface area contributed by atoms with E-state index in [4.69, 9.17) is 14.4 Å². The van der Waals surface area contributed by atoms with E-state index in [1.807, 2.05) is 47.7 Å². The van der Waals surface area contributed by atoms with Crippen molar-refractivity contribution in [3.05, 3.63) is 156 Å². The quantitative estimate of drug-likeness (QED) is 0.224. The SMILES string of the molecule is c1ccc(C2=NC(c3cccc4sc5c(-c6cccc7c6oc6ccccc67)cccc5c34)=NC(c3ccccc3)N2)cc1. The first-order valence-electron chi connectivity index (χ1n) is 14.7. The Hall–Kier alpha value is -5.52. The first-order chi connectivity index (χ1) is 21.8. The van der Waals surface area contributed by atoms with Gasteiger partial charge in [-0.15, -0.1) is 11.3 Å². The third-order valence-electron chi connectivity index (χ3n) is 8.36.